The lowest BCUT2D eigenvalue weighted by Gasteiger charge is -2.23. The molecule has 0 saturated heterocycles. The molecule has 7 heteroatoms. The van der Waals surface area contributed by atoms with Gasteiger partial charge in [0.25, 0.3) is 5.91 Å². The zero-order valence-corrected chi connectivity index (χ0v) is 19.5. The molecule has 1 amide bonds. The molecule has 1 N–H and O–H groups in total. The van der Waals surface area contributed by atoms with Crippen LogP contribution in [0, 0.1) is 0 Å². The monoisotopic (exact) mass is 463 g/mol. The van der Waals surface area contributed by atoms with Gasteiger partial charge in [0.2, 0.25) is 0 Å². The maximum atomic E-state index is 13.0. The average molecular weight is 464 g/mol. The quantitative estimate of drug-likeness (QED) is 0.430. The van der Waals surface area contributed by atoms with Crippen LogP contribution in [0.2, 0.25) is 0 Å². The Balaban J connectivity index is 1.78. The zero-order chi connectivity index (χ0) is 24.3. The summed E-state index contributed by atoms with van der Waals surface area (Å²) in [5.41, 5.74) is 2.10. The molecule has 0 aliphatic carbocycles. The molecule has 0 fully saturated rings. The molecule has 3 aromatic carbocycles. The first-order valence-electron chi connectivity index (χ1n) is 10.8. The molecule has 3 atom stereocenters. The van der Waals surface area contributed by atoms with Crippen molar-refractivity contribution >= 4 is 11.9 Å². The number of hydrogen-bond donors (Lipinski definition) is 1. The predicted molar refractivity (Wildman–Crippen MR) is 127 cm³/mol. The number of amides is 1. The second-order valence-corrected chi connectivity index (χ2v) is 7.50. The molecule has 7 nitrogen and oxygen atoms in total. The number of ether oxygens (including phenoxy) is 4. The Morgan fingerprint density at radius 3 is 1.74 bits per heavy atom. The van der Waals surface area contributed by atoms with Crippen LogP contribution in [0.25, 0.3) is 0 Å². The second kappa shape index (κ2) is 12.5. The Labute approximate surface area is 199 Å². The number of carbonyl (C=O) groups is 2. The fourth-order valence-corrected chi connectivity index (χ4v) is 3.55. The van der Waals surface area contributed by atoms with Crippen LogP contribution < -0.4 is 10.1 Å². The lowest BCUT2D eigenvalue weighted by Crippen LogP contribution is -2.35. The third-order valence-electron chi connectivity index (χ3n) is 5.34. The van der Waals surface area contributed by atoms with Crippen LogP contribution in [0.1, 0.15) is 35.0 Å². The first-order chi connectivity index (χ1) is 16.6. The van der Waals surface area contributed by atoms with Crippen molar-refractivity contribution in [2.24, 2.45) is 0 Å². The first-order valence-corrected chi connectivity index (χ1v) is 10.8. The zero-order valence-electron chi connectivity index (χ0n) is 19.5. The van der Waals surface area contributed by atoms with E-state index in [0.717, 1.165) is 5.56 Å². The molecule has 34 heavy (non-hydrogen) atoms. The smallest absolute Gasteiger partial charge is 0.340 e. The van der Waals surface area contributed by atoms with Gasteiger partial charge in [-0.25, -0.2) is 4.79 Å². The van der Waals surface area contributed by atoms with Crippen molar-refractivity contribution in [2.75, 3.05) is 27.9 Å². The normalized spacial score (nSPS) is 13.4. The number of carbonyl (C=O) groups excluding carboxylic acids is 2. The van der Waals surface area contributed by atoms with Crippen LogP contribution in [0.15, 0.2) is 84.9 Å². The molecular weight excluding hydrogens is 434 g/mol. The molecule has 0 aromatic heterocycles. The van der Waals surface area contributed by atoms with Crippen molar-refractivity contribution in [3.05, 3.63) is 102 Å². The molecule has 0 heterocycles. The third-order valence-corrected chi connectivity index (χ3v) is 5.34. The van der Waals surface area contributed by atoms with Crippen molar-refractivity contribution in [2.45, 2.75) is 18.3 Å². The van der Waals surface area contributed by atoms with E-state index in [1.165, 1.54) is 14.2 Å². The van der Waals surface area contributed by atoms with Gasteiger partial charge in [-0.15, -0.1) is 0 Å². The maximum absolute atomic E-state index is 13.0. The minimum Gasteiger partial charge on any atom is -0.497 e. The largest absolute Gasteiger partial charge is 0.497 e. The van der Waals surface area contributed by atoms with Gasteiger partial charge in [-0.2, -0.15) is 0 Å². The minimum atomic E-state index is -0.895. The Hall–Kier alpha value is -3.68. The van der Waals surface area contributed by atoms with Crippen LogP contribution in [0.4, 0.5) is 0 Å². The van der Waals surface area contributed by atoms with Crippen molar-refractivity contribution < 1.29 is 28.5 Å². The van der Waals surface area contributed by atoms with Crippen molar-refractivity contribution in [1.82, 2.24) is 5.32 Å². The van der Waals surface area contributed by atoms with Crippen molar-refractivity contribution in [3.63, 3.8) is 0 Å². The average Bonchev–Trinajstić information content (AvgIpc) is 2.89. The first kappa shape index (κ1) is 25.0. The molecule has 0 bridgehead atoms. The summed E-state index contributed by atoms with van der Waals surface area (Å²) in [5, 5.41) is 2.85. The Morgan fingerprint density at radius 2 is 1.24 bits per heavy atom. The Kier molecular flexibility index (Phi) is 9.20. The van der Waals surface area contributed by atoms with E-state index in [-0.39, 0.29) is 12.5 Å². The summed E-state index contributed by atoms with van der Waals surface area (Å²) < 4.78 is 21.9. The van der Waals surface area contributed by atoms with Gasteiger partial charge in [0.15, 0.2) is 12.2 Å². The molecule has 0 radical (unpaired) electrons. The van der Waals surface area contributed by atoms with Crippen LogP contribution in [-0.4, -0.2) is 39.8 Å². The van der Waals surface area contributed by atoms with Gasteiger partial charge in [0, 0.05) is 14.2 Å². The number of nitrogens with one attached hydrogen (secondary N) is 1. The summed E-state index contributed by atoms with van der Waals surface area (Å²) >= 11 is 0. The van der Waals surface area contributed by atoms with Crippen LogP contribution in [0.5, 0.6) is 5.75 Å². The molecular formula is C27H29NO6. The lowest BCUT2D eigenvalue weighted by molar-refractivity contribution is -0.162. The van der Waals surface area contributed by atoms with Crippen molar-refractivity contribution in [3.8, 4) is 5.75 Å². The standard InChI is InChI=1S/C27H29NO6/c1-31-22-16-14-19(15-17-22)23(34-27(30)25(33-3)21-12-8-5-9-13-21)18-28-26(29)24(32-2)20-10-6-4-7-11-20/h4-17,23-25H,18H2,1-3H3,(H,28,29)/t23-,24?,25?/m0/s1. The van der Waals surface area contributed by atoms with Crippen LogP contribution in [0.3, 0.4) is 0 Å². The summed E-state index contributed by atoms with van der Waals surface area (Å²) in [6.45, 7) is 0.0504. The van der Waals surface area contributed by atoms with E-state index in [2.05, 4.69) is 5.32 Å². The van der Waals surface area contributed by atoms with E-state index >= 15 is 0 Å². The summed E-state index contributed by atoms with van der Waals surface area (Å²) in [7, 11) is 4.50. The van der Waals surface area contributed by atoms with E-state index in [1.54, 1.807) is 43.5 Å². The number of methoxy groups -OCH3 is 3. The van der Waals surface area contributed by atoms with Crippen molar-refractivity contribution in [1.29, 1.82) is 0 Å². The van der Waals surface area contributed by atoms with Gasteiger partial charge in [0.05, 0.1) is 13.7 Å². The van der Waals surface area contributed by atoms with E-state index in [0.29, 0.717) is 16.9 Å². The number of hydrogen-bond acceptors (Lipinski definition) is 6. The van der Waals surface area contributed by atoms with E-state index in [4.69, 9.17) is 18.9 Å². The SMILES string of the molecule is COc1ccc([C@H](CNC(=O)C(OC)c2ccccc2)OC(=O)C(OC)c2ccccc2)cc1. The van der Waals surface area contributed by atoms with Gasteiger partial charge < -0.3 is 24.3 Å². The number of benzene rings is 3. The highest BCUT2D eigenvalue weighted by Gasteiger charge is 2.27. The van der Waals surface area contributed by atoms with E-state index in [1.807, 2.05) is 48.5 Å². The van der Waals surface area contributed by atoms with Gasteiger partial charge in [-0.05, 0) is 28.8 Å². The second-order valence-electron chi connectivity index (χ2n) is 7.50. The highest BCUT2D eigenvalue weighted by atomic mass is 16.6. The maximum Gasteiger partial charge on any atom is 0.340 e. The Bertz CT molecular complexity index is 1040. The molecule has 178 valence electrons. The summed E-state index contributed by atoms with van der Waals surface area (Å²) in [4.78, 5) is 25.9. The summed E-state index contributed by atoms with van der Waals surface area (Å²) in [5.74, 6) is -0.231. The van der Waals surface area contributed by atoms with Crippen LogP contribution >= 0.6 is 0 Å². The van der Waals surface area contributed by atoms with Gasteiger partial charge in [-0.3, -0.25) is 4.79 Å². The highest BCUT2D eigenvalue weighted by Crippen LogP contribution is 2.26. The van der Waals surface area contributed by atoms with Gasteiger partial charge in [-0.1, -0.05) is 72.8 Å². The molecule has 3 rings (SSSR count). The highest BCUT2D eigenvalue weighted by molar-refractivity contribution is 5.82. The molecule has 3 aromatic rings. The molecule has 0 saturated carbocycles. The molecule has 2 unspecified atom stereocenters. The lowest BCUT2D eigenvalue weighted by atomic mass is 10.1. The number of rotatable bonds is 11. The van der Waals surface area contributed by atoms with E-state index in [9.17, 15) is 9.59 Å². The fourth-order valence-electron chi connectivity index (χ4n) is 3.55. The summed E-state index contributed by atoms with van der Waals surface area (Å²) in [6, 6.07) is 25.4. The molecule has 0 aliphatic heterocycles. The Morgan fingerprint density at radius 1 is 0.706 bits per heavy atom. The van der Waals surface area contributed by atoms with Gasteiger partial charge in [0.1, 0.15) is 11.9 Å². The topological polar surface area (TPSA) is 83.1 Å². The molecule has 0 aliphatic rings. The molecule has 0 spiro atoms. The summed E-state index contributed by atoms with van der Waals surface area (Å²) in [6.07, 6.45) is -2.44. The predicted octanol–water partition coefficient (Wildman–Crippen LogP) is 4.17. The van der Waals surface area contributed by atoms with Crippen LogP contribution in [-0.2, 0) is 23.8 Å². The van der Waals surface area contributed by atoms with Gasteiger partial charge >= 0.3 is 5.97 Å². The third kappa shape index (κ3) is 6.43. The minimum absolute atomic E-state index is 0.0504. The van der Waals surface area contributed by atoms with E-state index < -0.39 is 24.3 Å². The fraction of sp³-hybridized carbons (Fsp3) is 0.259. The number of esters is 1.